The summed E-state index contributed by atoms with van der Waals surface area (Å²) in [5.41, 5.74) is 2.50. The molecule has 0 bridgehead atoms. The molecule has 1 amide bonds. The number of nitrogens with zero attached hydrogens (tertiary/aromatic N) is 2. The van der Waals surface area contributed by atoms with Crippen LogP contribution in [0.3, 0.4) is 0 Å². The second-order valence-corrected chi connectivity index (χ2v) is 8.09. The summed E-state index contributed by atoms with van der Waals surface area (Å²) in [6, 6.07) is 9.12. The van der Waals surface area contributed by atoms with Gasteiger partial charge in [-0.1, -0.05) is 6.07 Å². The lowest BCUT2D eigenvalue weighted by atomic mass is 10.1. The first-order chi connectivity index (χ1) is 14.5. The number of rotatable bonds is 6. The quantitative estimate of drug-likeness (QED) is 0.594. The van der Waals surface area contributed by atoms with Gasteiger partial charge >= 0.3 is 5.97 Å². The lowest BCUT2D eigenvalue weighted by Crippen LogP contribution is -2.22. The molecule has 4 rings (SSSR count). The van der Waals surface area contributed by atoms with Gasteiger partial charge in [0, 0.05) is 13.1 Å². The van der Waals surface area contributed by atoms with E-state index in [-0.39, 0.29) is 12.3 Å². The summed E-state index contributed by atoms with van der Waals surface area (Å²) in [4.78, 5) is 32.4. The molecule has 3 heterocycles. The normalized spacial score (nSPS) is 13.5. The Morgan fingerprint density at radius 2 is 2.07 bits per heavy atom. The van der Waals surface area contributed by atoms with Crippen molar-refractivity contribution < 1.29 is 18.7 Å². The number of ether oxygens (including phenoxy) is 1. The molecule has 30 heavy (non-hydrogen) atoms. The molecule has 1 fully saturated rings. The first-order valence-corrected chi connectivity index (χ1v) is 10.7. The molecule has 1 aromatic carbocycles. The average molecular weight is 426 g/mol. The van der Waals surface area contributed by atoms with E-state index in [0.717, 1.165) is 36.5 Å². The summed E-state index contributed by atoms with van der Waals surface area (Å²) in [5, 5.41) is 4.91. The van der Waals surface area contributed by atoms with Crippen LogP contribution in [-0.2, 0) is 16.0 Å². The van der Waals surface area contributed by atoms with Crippen LogP contribution in [0.2, 0.25) is 0 Å². The smallest absolute Gasteiger partial charge is 0.337 e. The Bertz CT molecular complexity index is 1050. The Balaban J connectivity index is 1.55. The number of carbonyl (C=O) groups excluding carboxylic acids is 2. The number of nitrogens with one attached hydrogen (secondary N) is 1. The van der Waals surface area contributed by atoms with E-state index in [2.05, 4.69) is 15.2 Å². The van der Waals surface area contributed by atoms with Crippen LogP contribution in [0.1, 0.15) is 34.7 Å². The van der Waals surface area contributed by atoms with Crippen molar-refractivity contribution in [3.63, 3.8) is 0 Å². The maximum Gasteiger partial charge on any atom is 0.337 e. The Hall–Kier alpha value is -3.13. The fourth-order valence-corrected chi connectivity index (χ4v) is 4.21. The minimum atomic E-state index is -0.439. The highest BCUT2D eigenvalue weighted by molar-refractivity contribution is 7.13. The van der Waals surface area contributed by atoms with Gasteiger partial charge in [0.2, 0.25) is 11.8 Å². The predicted octanol–water partition coefficient (Wildman–Crippen LogP) is 4.28. The Morgan fingerprint density at radius 1 is 1.27 bits per heavy atom. The third kappa shape index (κ3) is 4.23. The van der Waals surface area contributed by atoms with E-state index in [4.69, 9.17) is 9.15 Å². The summed E-state index contributed by atoms with van der Waals surface area (Å²) in [7, 11) is 1.34. The molecule has 3 aromatic rings. The van der Waals surface area contributed by atoms with Gasteiger partial charge in [0.05, 0.1) is 41.0 Å². The third-order valence-corrected chi connectivity index (χ3v) is 5.95. The summed E-state index contributed by atoms with van der Waals surface area (Å²) in [5.74, 6) is 0.491. The zero-order valence-corrected chi connectivity index (χ0v) is 17.8. The molecule has 1 aliphatic heterocycles. The number of esters is 1. The van der Waals surface area contributed by atoms with Crippen molar-refractivity contribution in [2.75, 3.05) is 30.4 Å². The second-order valence-electron chi connectivity index (χ2n) is 7.14. The molecule has 8 heteroatoms. The summed E-state index contributed by atoms with van der Waals surface area (Å²) < 4.78 is 10.6. The molecule has 0 saturated carbocycles. The molecule has 0 unspecified atom stereocenters. The predicted molar refractivity (Wildman–Crippen MR) is 116 cm³/mol. The van der Waals surface area contributed by atoms with Crippen molar-refractivity contribution in [2.45, 2.75) is 26.2 Å². The van der Waals surface area contributed by atoms with E-state index < -0.39 is 5.97 Å². The topological polar surface area (TPSA) is 84.7 Å². The molecule has 1 aliphatic rings. The molecule has 156 valence electrons. The van der Waals surface area contributed by atoms with Gasteiger partial charge in [0.15, 0.2) is 0 Å². The molecule has 7 nitrogen and oxygen atoms in total. The molecular weight excluding hydrogens is 402 g/mol. The number of anilines is 2. The minimum absolute atomic E-state index is 0.0859. The van der Waals surface area contributed by atoms with E-state index in [0.29, 0.717) is 28.6 Å². The third-order valence-electron chi connectivity index (χ3n) is 5.09. The maximum atomic E-state index is 12.8. The van der Waals surface area contributed by atoms with Crippen LogP contribution in [0, 0.1) is 6.92 Å². The number of oxazole rings is 1. The van der Waals surface area contributed by atoms with Crippen molar-refractivity contribution in [1.29, 1.82) is 0 Å². The molecule has 0 spiro atoms. The first kappa shape index (κ1) is 20.2. The number of hydrogen-bond acceptors (Lipinski definition) is 7. The first-order valence-electron chi connectivity index (χ1n) is 9.82. The number of methoxy groups -OCH3 is 1. The van der Waals surface area contributed by atoms with E-state index in [1.165, 1.54) is 18.4 Å². The van der Waals surface area contributed by atoms with Crippen LogP contribution < -0.4 is 10.2 Å². The molecular formula is C22H23N3O4S. The van der Waals surface area contributed by atoms with Crippen LogP contribution >= 0.6 is 11.3 Å². The molecule has 1 saturated heterocycles. The fraction of sp³-hybridized carbons (Fsp3) is 0.318. The number of hydrogen-bond donors (Lipinski definition) is 1. The lowest BCUT2D eigenvalue weighted by Gasteiger charge is -2.22. The van der Waals surface area contributed by atoms with Crippen LogP contribution in [0.5, 0.6) is 0 Å². The van der Waals surface area contributed by atoms with Gasteiger partial charge in [-0.15, -0.1) is 11.3 Å². The number of aryl methyl sites for hydroxylation is 1. The Kier molecular flexibility index (Phi) is 5.85. The van der Waals surface area contributed by atoms with Gasteiger partial charge in [-0.3, -0.25) is 4.79 Å². The standard InChI is InChI=1S/C22H23N3O4S/c1-14-16(24-21(29-14)19-6-5-11-30-19)13-20(26)23-17-12-15(22(27)28-2)7-8-18(17)25-9-3-4-10-25/h5-8,11-12H,3-4,9-10,13H2,1-2H3,(H,23,26). The van der Waals surface area contributed by atoms with Gasteiger partial charge in [-0.25, -0.2) is 9.78 Å². The van der Waals surface area contributed by atoms with Crippen molar-refractivity contribution >= 4 is 34.6 Å². The maximum absolute atomic E-state index is 12.8. The van der Waals surface area contributed by atoms with Gasteiger partial charge in [-0.05, 0) is 49.4 Å². The van der Waals surface area contributed by atoms with Crippen LogP contribution in [0.15, 0.2) is 40.1 Å². The summed E-state index contributed by atoms with van der Waals surface area (Å²) in [6.07, 6.45) is 2.30. The van der Waals surface area contributed by atoms with Crippen LogP contribution in [-0.4, -0.2) is 37.1 Å². The van der Waals surface area contributed by atoms with E-state index in [1.807, 2.05) is 23.6 Å². The van der Waals surface area contributed by atoms with E-state index >= 15 is 0 Å². The van der Waals surface area contributed by atoms with Crippen molar-refractivity contribution in [2.24, 2.45) is 0 Å². The minimum Gasteiger partial charge on any atom is -0.465 e. The lowest BCUT2D eigenvalue weighted by molar-refractivity contribution is -0.115. The molecule has 0 aliphatic carbocycles. The van der Waals surface area contributed by atoms with Gasteiger partial charge < -0.3 is 19.4 Å². The molecule has 2 aromatic heterocycles. The van der Waals surface area contributed by atoms with Crippen molar-refractivity contribution in [3.05, 3.63) is 52.7 Å². The van der Waals surface area contributed by atoms with Crippen molar-refractivity contribution in [3.8, 4) is 10.8 Å². The van der Waals surface area contributed by atoms with Crippen LogP contribution in [0.4, 0.5) is 11.4 Å². The fourth-order valence-electron chi connectivity index (χ4n) is 3.56. The summed E-state index contributed by atoms with van der Waals surface area (Å²) >= 11 is 1.54. The number of thiophene rings is 1. The highest BCUT2D eigenvalue weighted by Gasteiger charge is 2.21. The molecule has 0 atom stereocenters. The largest absolute Gasteiger partial charge is 0.465 e. The zero-order chi connectivity index (χ0) is 21.1. The number of aromatic nitrogens is 1. The Labute approximate surface area is 178 Å². The highest BCUT2D eigenvalue weighted by atomic mass is 32.1. The van der Waals surface area contributed by atoms with Gasteiger partial charge in [0.1, 0.15) is 5.76 Å². The van der Waals surface area contributed by atoms with Gasteiger partial charge in [0.25, 0.3) is 0 Å². The SMILES string of the molecule is COC(=O)c1ccc(N2CCCC2)c(NC(=O)Cc2nc(-c3cccs3)oc2C)c1. The zero-order valence-electron chi connectivity index (χ0n) is 16.9. The number of benzene rings is 1. The van der Waals surface area contributed by atoms with E-state index in [9.17, 15) is 9.59 Å². The molecule has 1 N–H and O–H groups in total. The number of amides is 1. The van der Waals surface area contributed by atoms with Crippen LogP contribution in [0.25, 0.3) is 10.8 Å². The summed E-state index contributed by atoms with van der Waals surface area (Å²) in [6.45, 7) is 3.65. The second kappa shape index (κ2) is 8.71. The molecule has 0 radical (unpaired) electrons. The number of carbonyl (C=O) groups is 2. The Morgan fingerprint density at radius 3 is 2.77 bits per heavy atom. The van der Waals surface area contributed by atoms with Gasteiger partial charge in [-0.2, -0.15) is 0 Å². The van der Waals surface area contributed by atoms with Crippen molar-refractivity contribution in [1.82, 2.24) is 4.98 Å². The monoisotopic (exact) mass is 425 g/mol. The average Bonchev–Trinajstić information content (AvgIpc) is 3.50. The van der Waals surface area contributed by atoms with E-state index in [1.54, 1.807) is 19.1 Å². The highest BCUT2D eigenvalue weighted by Crippen LogP contribution is 2.31.